The third-order valence-corrected chi connectivity index (χ3v) is 7.37. The third-order valence-electron chi connectivity index (χ3n) is 7.37. The molecule has 23 heavy (non-hydrogen) atoms. The normalized spacial score (nSPS) is 55.7. The summed E-state index contributed by atoms with van der Waals surface area (Å²) in [6.07, 6.45) is 6.76. The molecule has 6 fully saturated rings. The van der Waals surface area contributed by atoms with Crippen molar-refractivity contribution in [1.29, 1.82) is 6.69 Å². The number of likely N-dealkylation sites (tertiary alicyclic amines) is 1. The number of carbonyl (C=O) groups excluding carboxylic acids is 1. The van der Waals surface area contributed by atoms with E-state index in [4.69, 9.17) is 9.36 Å². The van der Waals surface area contributed by atoms with E-state index < -0.39 is 23.1 Å². The first-order valence-electron chi connectivity index (χ1n) is 10.3. The molecule has 1 aliphatic heterocycles. The fourth-order valence-electron chi connectivity index (χ4n) is 6.86. The number of piperidine rings is 1. The minimum absolute atomic E-state index is 0.130. The molecule has 5 nitrogen and oxygen atoms in total. The van der Waals surface area contributed by atoms with Crippen LogP contribution in [0.3, 0.4) is 0 Å². The van der Waals surface area contributed by atoms with E-state index in [1.54, 1.807) is 4.90 Å². The lowest BCUT2D eigenvalue weighted by Gasteiger charge is -2.61. The van der Waals surface area contributed by atoms with Gasteiger partial charge in [-0.25, -0.2) is 0 Å². The number of nitrogens with zero attached hydrogens (tertiary/aromatic N) is 2. The van der Waals surface area contributed by atoms with Crippen molar-refractivity contribution in [1.82, 2.24) is 4.90 Å². The topological polar surface area (TPSA) is 90.3 Å². The number of aliphatic hydroxyl groups is 1. The van der Waals surface area contributed by atoms with Crippen molar-refractivity contribution < 1.29 is 12.7 Å². The van der Waals surface area contributed by atoms with E-state index in [-0.39, 0.29) is 11.9 Å². The van der Waals surface area contributed by atoms with Crippen LogP contribution in [0.15, 0.2) is 0 Å². The molecule has 1 heterocycles. The number of rotatable bonds is 4. The molecule has 4 bridgehead atoms. The fraction of sp³-hybridized carbons (Fsp3) is 0.889. The number of hydrogen-bond donors (Lipinski definition) is 2. The van der Waals surface area contributed by atoms with Crippen LogP contribution < -0.4 is 5.72 Å². The maximum atomic E-state index is 13.5. The lowest BCUT2D eigenvalue weighted by molar-refractivity contribution is -0.177. The van der Waals surface area contributed by atoms with Crippen LogP contribution in [0.2, 0.25) is 2.82 Å². The summed E-state index contributed by atoms with van der Waals surface area (Å²) in [6, 6.07) is 1.11. The molecule has 5 aliphatic carbocycles. The zero-order valence-electron chi connectivity index (χ0n) is 16.3. The van der Waals surface area contributed by atoms with Gasteiger partial charge in [0.1, 0.15) is 8.87 Å². The SMILES string of the molecule is [2H]OC12C[C@H]3C[C@@H](C1)CC([C@@H](C(=O)N1[C@H](C#N)C[C@@H]4C[C@@H]41)N([2H])[2H])(C3)C2. The van der Waals surface area contributed by atoms with Crippen LogP contribution >= 0.6 is 0 Å². The standard InChI is InChI=1S/C18H25N3O2/c19-8-13-2-12-3-14(12)21(13)16(22)15(20)17-4-10-1-11(5-17)7-18(23,6-10)9-17/h10-15,23H,1-7,9,20H2/t10-,11+,12-,13+,14+,15-,17?,18?/m1/s1/i23D/hD2. The highest BCUT2D eigenvalue weighted by atomic mass is 16.3. The lowest BCUT2D eigenvalue weighted by Crippen LogP contribution is -2.64. The summed E-state index contributed by atoms with van der Waals surface area (Å²) in [4.78, 5) is 15.2. The molecule has 5 heteroatoms. The molecule has 2 unspecified atom stereocenters. The summed E-state index contributed by atoms with van der Waals surface area (Å²) in [5.41, 5.74) is -0.393. The molecule has 0 radical (unpaired) electrons. The van der Waals surface area contributed by atoms with Crippen molar-refractivity contribution in [3.8, 4) is 6.07 Å². The van der Waals surface area contributed by atoms with Gasteiger partial charge in [0.25, 0.3) is 0 Å². The van der Waals surface area contributed by atoms with Crippen molar-refractivity contribution in [2.45, 2.75) is 75.1 Å². The summed E-state index contributed by atoms with van der Waals surface area (Å²) in [5.74, 6) is 1.04. The largest absolute Gasteiger partial charge is 0.390 e. The van der Waals surface area contributed by atoms with Gasteiger partial charge in [0, 0.05) is 6.04 Å². The molecule has 124 valence electrons. The van der Waals surface area contributed by atoms with Gasteiger partial charge in [0.2, 0.25) is 7.34 Å². The Morgan fingerprint density at radius 3 is 2.78 bits per heavy atom. The van der Waals surface area contributed by atoms with Gasteiger partial charge in [-0.1, -0.05) is 0 Å². The number of nitriles is 1. The molecule has 0 spiro atoms. The average molecular weight is 318 g/mol. The Bertz CT molecular complexity index is 667. The van der Waals surface area contributed by atoms with E-state index in [1.165, 1.54) is 0 Å². The number of hydrogen-bond acceptors (Lipinski definition) is 4. The molecule has 5 saturated carbocycles. The highest BCUT2D eigenvalue weighted by Crippen LogP contribution is 2.63. The van der Waals surface area contributed by atoms with Crippen LogP contribution in [-0.2, 0) is 4.79 Å². The van der Waals surface area contributed by atoms with E-state index in [9.17, 15) is 10.1 Å². The van der Waals surface area contributed by atoms with Crippen LogP contribution in [0, 0.1) is 34.5 Å². The van der Waals surface area contributed by atoms with Gasteiger partial charge in [0.15, 0.2) is 0 Å². The Hall–Kier alpha value is -1.12. The second kappa shape index (κ2) is 4.29. The zero-order chi connectivity index (χ0) is 18.3. The maximum absolute atomic E-state index is 13.5. The molecular formula is C18H25N3O2. The quantitative estimate of drug-likeness (QED) is 0.814. The second-order valence-electron chi connectivity index (χ2n) is 9.10. The first kappa shape index (κ1) is 11.4. The van der Waals surface area contributed by atoms with Crippen LogP contribution in [0.4, 0.5) is 0 Å². The fourth-order valence-corrected chi connectivity index (χ4v) is 6.86. The summed E-state index contributed by atoms with van der Waals surface area (Å²) in [7, 11) is 0. The Labute approximate surface area is 141 Å². The molecule has 1 amide bonds. The predicted octanol–water partition coefficient (Wildman–Crippen LogP) is 1.16. The van der Waals surface area contributed by atoms with E-state index in [2.05, 4.69) is 6.07 Å². The summed E-state index contributed by atoms with van der Waals surface area (Å²) in [6.45, 7) is 0. The highest BCUT2D eigenvalue weighted by Gasteiger charge is 2.62. The third kappa shape index (κ3) is 1.88. The molecule has 6 rings (SSSR count). The number of nitrogens with two attached hydrogens (primary N) is 1. The molecule has 0 aromatic carbocycles. The van der Waals surface area contributed by atoms with E-state index >= 15 is 0 Å². The van der Waals surface area contributed by atoms with Crippen molar-refractivity contribution >= 4 is 5.91 Å². The van der Waals surface area contributed by atoms with Crippen LogP contribution in [0.25, 0.3) is 0 Å². The number of amides is 1. The maximum Gasteiger partial charge on any atom is 0.241 e. The molecule has 0 aromatic heterocycles. The summed E-state index contributed by atoms with van der Waals surface area (Å²) >= 11 is 0. The Morgan fingerprint density at radius 2 is 2.13 bits per heavy atom. The predicted molar refractivity (Wildman–Crippen MR) is 82.8 cm³/mol. The minimum Gasteiger partial charge on any atom is -0.390 e. The second-order valence-corrected chi connectivity index (χ2v) is 9.10. The van der Waals surface area contributed by atoms with E-state index in [1.807, 2.05) is 0 Å². The first-order chi connectivity index (χ1) is 12.4. The molecule has 1 saturated heterocycles. The van der Waals surface area contributed by atoms with Crippen molar-refractivity contribution in [3.05, 3.63) is 0 Å². The highest BCUT2D eigenvalue weighted by molar-refractivity contribution is 5.84. The number of carbonyl (C=O) groups is 1. The molecule has 3 N–H and O–H groups in total. The van der Waals surface area contributed by atoms with E-state index in [0.717, 1.165) is 44.9 Å². The Balaban J connectivity index is 1.50. The Kier molecular flexibility index (Phi) is 2.13. The van der Waals surface area contributed by atoms with Gasteiger partial charge in [0.05, 0.1) is 17.7 Å². The molecule has 0 aromatic rings. The van der Waals surface area contributed by atoms with Gasteiger partial charge < -0.3 is 15.7 Å². The van der Waals surface area contributed by atoms with Crippen LogP contribution in [0.5, 0.6) is 0 Å². The van der Waals surface area contributed by atoms with Crippen molar-refractivity contribution in [2.75, 3.05) is 0 Å². The van der Waals surface area contributed by atoms with E-state index in [0.29, 0.717) is 29.9 Å². The van der Waals surface area contributed by atoms with Gasteiger partial charge in [-0.05, 0) is 74.5 Å². The van der Waals surface area contributed by atoms with Crippen molar-refractivity contribution in [2.24, 2.45) is 28.9 Å². The zero-order valence-corrected chi connectivity index (χ0v) is 13.3. The minimum atomic E-state index is -0.863. The smallest absolute Gasteiger partial charge is 0.241 e. The van der Waals surface area contributed by atoms with Gasteiger partial charge in [-0.3, -0.25) is 4.79 Å². The Morgan fingerprint density at radius 1 is 1.35 bits per heavy atom. The van der Waals surface area contributed by atoms with Crippen molar-refractivity contribution in [3.63, 3.8) is 0 Å². The average Bonchev–Trinajstić information content (AvgIpc) is 3.22. The molecule has 8 atom stereocenters. The molecular weight excluding hydrogens is 290 g/mol. The summed E-state index contributed by atoms with van der Waals surface area (Å²) in [5, 5.41) is 14.7. The lowest BCUT2D eigenvalue weighted by atomic mass is 9.46. The summed E-state index contributed by atoms with van der Waals surface area (Å²) < 4.78 is 23.8. The van der Waals surface area contributed by atoms with Crippen LogP contribution in [-0.4, -0.2) is 41.1 Å². The van der Waals surface area contributed by atoms with Gasteiger partial charge in [-0.2, -0.15) is 5.26 Å². The van der Waals surface area contributed by atoms with Gasteiger partial charge in [-0.15, -0.1) is 0 Å². The number of fused-ring (bicyclic) bond motifs is 1. The molecule has 6 aliphatic rings. The van der Waals surface area contributed by atoms with Crippen LogP contribution in [0.1, 0.15) is 51.4 Å². The monoisotopic (exact) mass is 318 g/mol. The van der Waals surface area contributed by atoms with Gasteiger partial charge >= 0.3 is 0 Å². The first-order valence-corrected chi connectivity index (χ1v) is 9.03.